The van der Waals surface area contributed by atoms with Crippen molar-refractivity contribution < 1.29 is 9.53 Å². The number of hydrogen-bond acceptors (Lipinski definition) is 5. The largest absolute Gasteiger partial charge is 0.465 e. The fourth-order valence-electron chi connectivity index (χ4n) is 2.45. The Morgan fingerprint density at radius 3 is 2.87 bits per heavy atom. The molecule has 0 unspecified atom stereocenters. The van der Waals surface area contributed by atoms with Gasteiger partial charge in [0, 0.05) is 29.9 Å². The van der Waals surface area contributed by atoms with E-state index in [4.69, 9.17) is 22.1 Å². The van der Waals surface area contributed by atoms with Crippen LogP contribution in [0.1, 0.15) is 21.6 Å². The van der Waals surface area contributed by atoms with Crippen molar-refractivity contribution >= 4 is 34.2 Å². The zero-order valence-corrected chi connectivity index (χ0v) is 13.2. The summed E-state index contributed by atoms with van der Waals surface area (Å²) in [6.07, 6.45) is 3.70. The van der Waals surface area contributed by atoms with Crippen LogP contribution in [0.15, 0.2) is 42.7 Å². The molecule has 0 atom stereocenters. The van der Waals surface area contributed by atoms with E-state index >= 15 is 0 Å². The quantitative estimate of drug-likeness (QED) is 0.590. The van der Waals surface area contributed by atoms with Gasteiger partial charge in [0.1, 0.15) is 0 Å². The number of aromatic nitrogens is 2. The van der Waals surface area contributed by atoms with Crippen molar-refractivity contribution in [3.05, 3.63) is 64.6 Å². The third kappa shape index (κ3) is 3.24. The SMILES string of the molecule is COC(=O)c1ccnc(Cc2cc(N)c3ncc(Cl)cc3c2)c1. The van der Waals surface area contributed by atoms with E-state index in [9.17, 15) is 4.79 Å². The number of carbonyl (C=O) groups excluding carboxylic acids is 1. The average Bonchev–Trinajstić information content (AvgIpc) is 2.54. The van der Waals surface area contributed by atoms with Crippen molar-refractivity contribution in [1.82, 2.24) is 9.97 Å². The highest BCUT2D eigenvalue weighted by atomic mass is 35.5. The zero-order valence-electron chi connectivity index (χ0n) is 12.4. The van der Waals surface area contributed by atoms with Gasteiger partial charge in [-0.3, -0.25) is 9.97 Å². The summed E-state index contributed by atoms with van der Waals surface area (Å²) < 4.78 is 4.72. The number of fused-ring (bicyclic) bond motifs is 1. The van der Waals surface area contributed by atoms with Crippen LogP contribution in [0.4, 0.5) is 5.69 Å². The fourth-order valence-corrected chi connectivity index (χ4v) is 2.61. The number of pyridine rings is 2. The second kappa shape index (κ2) is 6.22. The fraction of sp³-hybridized carbons (Fsp3) is 0.118. The number of esters is 1. The van der Waals surface area contributed by atoms with E-state index in [0.717, 1.165) is 22.2 Å². The summed E-state index contributed by atoms with van der Waals surface area (Å²) in [6, 6.07) is 8.98. The Kier molecular flexibility index (Phi) is 4.12. The van der Waals surface area contributed by atoms with Crippen LogP contribution in [0.2, 0.25) is 5.02 Å². The highest BCUT2D eigenvalue weighted by molar-refractivity contribution is 6.31. The van der Waals surface area contributed by atoms with Gasteiger partial charge in [0.2, 0.25) is 0 Å². The summed E-state index contributed by atoms with van der Waals surface area (Å²) in [5.41, 5.74) is 9.55. The van der Waals surface area contributed by atoms with Crippen molar-refractivity contribution in [2.24, 2.45) is 0 Å². The lowest BCUT2D eigenvalue weighted by molar-refractivity contribution is 0.0600. The van der Waals surface area contributed by atoms with E-state index in [1.807, 2.05) is 18.2 Å². The molecule has 0 bridgehead atoms. The number of anilines is 1. The lowest BCUT2D eigenvalue weighted by atomic mass is 10.0. The summed E-state index contributed by atoms with van der Waals surface area (Å²) >= 11 is 5.99. The molecule has 0 fully saturated rings. The van der Waals surface area contributed by atoms with Gasteiger partial charge in [0.25, 0.3) is 0 Å². The van der Waals surface area contributed by atoms with Gasteiger partial charge in [-0.15, -0.1) is 0 Å². The van der Waals surface area contributed by atoms with Crippen LogP contribution < -0.4 is 5.73 Å². The Morgan fingerprint density at radius 1 is 1.26 bits per heavy atom. The van der Waals surface area contributed by atoms with Crippen LogP contribution in [0.25, 0.3) is 10.9 Å². The third-order valence-corrected chi connectivity index (χ3v) is 3.67. The molecule has 0 aliphatic heterocycles. The molecule has 0 spiro atoms. The molecule has 0 amide bonds. The minimum absolute atomic E-state index is 0.386. The molecule has 0 saturated heterocycles. The molecule has 5 nitrogen and oxygen atoms in total. The first-order chi connectivity index (χ1) is 11.1. The summed E-state index contributed by atoms with van der Waals surface area (Å²) in [7, 11) is 1.35. The van der Waals surface area contributed by atoms with Gasteiger partial charge in [-0.25, -0.2) is 4.79 Å². The lowest BCUT2D eigenvalue weighted by Gasteiger charge is -2.07. The molecule has 0 aliphatic rings. The maximum absolute atomic E-state index is 11.6. The van der Waals surface area contributed by atoms with Crippen LogP contribution in [-0.4, -0.2) is 23.0 Å². The van der Waals surface area contributed by atoms with E-state index in [1.165, 1.54) is 7.11 Å². The van der Waals surface area contributed by atoms with Gasteiger partial charge in [-0.05, 0) is 35.9 Å². The number of nitrogens with two attached hydrogens (primary N) is 1. The molecule has 0 saturated carbocycles. The zero-order chi connectivity index (χ0) is 16.4. The van der Waals surface area contributed by atoms with Crippen LogP contribution in [-0.2, 0) is 11.2 Å². The van der Waals surface area contributed by atoms with Gasteiger partial charge in [0.15, 0.2) is 0 Å². The maximum atomic E-state index is 11.6. The normalized spacial score (nSPS) is 10.7. The van der Waals surface area contributed by atoms with E-state index in [0.29, 0.717) is 22.7 Å². The number of methoxy groups -OCH3 is 1. The Balaban J connectivity index is 1.97. The van der Waals surface area contributed by atoms with E-state index in [1.54, 1.807) is 24.5 Å². The highest BCUT2D eigenvalue weighted by Crippen LogP contribution is 2.25. The van der Waals surface area contributed by atoms with Gasteiger partial charge >= 0.3 is 5.97 Å². The number of nitrogens with zero attached hydrogens (tertiary/aromatic N) is 2. The summed E-state index contributed by atoms with van der Waals surface area (Å²) in [6.45, 7) is 0. The standard InChI is InChI=1S/C17H14ClN3O2/c1-23-17(22)11-2-3-20-14(8-11)5-10-4-12-7-13(18)9-21-16(12)15(19)6-10/h2-4,6-9H,5,19H2,1H3. The van der Waals surface area contributed by atoms with Crippen molar-refractivity contribution in [3.8, 4) is 0 Å². The topological polar surface area (TPSA) is 78.1 Å². The molecule has 3 rings (SSSR count). The summed E-state index contributed by atoms with van der Waals surface area (Å²) in [5, 5.41) is 1.43. The number of halogens is 1. The first-order valence-electron chi connectivity index (χ1n) is 6.93. The first kappa shape index (κ1) is 15.2. The number of hydrogen-bond donors (Lipinski definition) is 1. The van der Waals surface area contributed by atoms with Gasteiger partial charge in [-0.1, -0.05) is 11.6 Å². The van der Waals surface area contributed by atoms with E-state index in [2.05, 4.69) is 9.97 Å². The molecule has 23 heavy (non-hydrogen) atoms. The van der Waals surface area contributed by atoms with Crippen LogP contribution in [0.5, 0.6) is 0 Å². The molecule has 1 aromatic carbocycles. The molecule has 2 heterocycles. The number of rotatable bonds is 3. The number of ether oxygens (including phenoxy) is 1. The molecule has 6 heteroatoms. The van der Waals surface area contributed by atoms with Gasteiger partial charge in [-0.2, -0.15) is 0 Å². The minimum atomic E-state index is -0.386. The Morgan fingerprint density at radius 2 is 2.09 bits per heavy atom. The molecule has 3 aromatic rings. The maximum Gasteiger partial charge on any atom is 0.337 e. The van der Waals surface area contributed by atoms with Crippen LogP contribution >= 0.6 is 11.6 Å². The highest BCUT2D eigenvalue weighted by Gasteiger charge is 2.09. The first-order valence-corrected chi connectivity index (χ1v) is 7.31. The van der Waals surface area contributed by atoms with Crippen molar-refractivity contribution in [3.63, 3.8) is 0 Å². The molecule has 2 aromatic heterocycles. The molecule has 2 N–H and O–H groups in total. The van der Waals surface area contributed by atoms with E-state index < -0.39 is 0 Å². The molecular weight excluding hydrogens is 314 g/mol. The predicted octanol–water partition coefficient (Wildman–Crippen LogP) is 3.24. The number of benzene rings is 1. The van der Waals surface area contributed by atoms with E-state index in [-0.39, 0.29) is 5.97 Å². The van der Waals surface area contributed by atoms with Crippen molar-refractivity contribution in [2.45, 2.75) is 6.42 Å². The minimum Gasteiger partial charge on any atom is -0.465 e. The monoisotopic (exact) mass is 327 g/mol. The summed E-state index contributed by atoms with van der Waals surface area (Å²) in [5.74, 6) is -0.386. The smallest absolute Gasteiger partial charge is 0.337 e. The second-order valence-electron chi connectivity index (χ2n) is 5.11. The molecule has 0 radical (unpaired) electrons. The van der Waals surface area contributed by atoms with Crippen LogP contribution in [0.3, 0.4) is 0 Å². The van der Waals surface area contributed by atoms with Gasteiger partial charge in [0.05, 0.1) is 28.9 Å². The van der Waals surface area contributed by atoms with Crippen molar-refractivity contribution in [1.29, 1.82) is 0 Å². The number of nitrogen functional groups attached to an aromatic ring is 1. The van der Waals surface area contributed by atoms with Crippen LogP contribution in [0, 0.1) is 0 Å². The molecular formula is C17H14ClN3O2. The predicted molar refractivity (Wildman–Crippen MR) is 89.5 cm³/mol. The van der Waals surface area contributed by atoms with Crippen molar-refractivity contribution in [2.75, 3.05) is 12.8 Å². The Hall–Kier alpha value is -2.66. The Bertz CT molecular complexity index is 896. The summed E-state index contributed by atoms with van der Waals surface area (Å²) in [4.78, 5) is 20.1. The molecule has 0 aliphatic carbocycles. The van der Waals surface area contributed by atoms with Gasteiger partial charge < -0.3 is 10.5 Å². The third-order valence-electron chi connectivity index (χ3n) is 3.46. The molecule has 116 valence electrons. The second-order valence-corrected chi connectivity index (χ2v) is 5.55. The average molecular weight is 328 g/mol. The number of carbonyl (C=O) groups is 1. The lowest BCUT2D eigenvalue weighted by Crippen LogP contribution is -2.03. The Labute approximate surface area is 138 Å².